The topological polar surface area (TPSA) is 79.9 Å². The number of aromatic nitrogens is 3. The van der Waals surface area contributed by atoms with Gasteiger partial charge in [-0.2, -0.15) is 0 Å². The molecule has 0 aliphatic heterocycles. The van der Waals surface area contributed by atoms with Crippen molar-refractivity contribution in [2.75, 3.05) is 0 Å². The molecule has 3 rings (SSSR count). The molecule has 2 aromatic rings. The highest BCUT2D eigenvalue weighted by molar-refractivity contribution is 14.1. The Morgan fingerprint density at radius 2 is 2.21 bits per heavy atom. The van der Waals surface area contributed by atoms with Crippen LogP contribution in [0.5, 0.6) is 0 Å². The molecule has 6 nitrogen and oxygen atoms in total. The van der Waals surface area contributed by atoms with E-state index in [4.69, 9.17) is 4.74 Å². The fourth-order valence-electron chi connectivity index (χ4n) is 2.86. The van der Waals surface area contributed by atoms with Gasteiger partial charge in [-0.1, -0.05) is 6.08 Å². The molecule has 0 saturated heterocycles. The number of hydrogen-bond donors (Lipinski definition) is 2. The van der Waals surface area contributed by atoms with Crippen LogP contribution < -0.4 is 5.32 Å². The third-order valence-electron chi connectivity index (χ3n) is 3.79. The van der Waals surface area contributed by atoms with Gasteiger partial charge in [0, 0.05) is 9.77 Å². The fraction of sp³-hybridized carbons (Fsp3) is 0.471. The zero-order valence-corrected chi connectivity index (χ0v) is 16.2. The van der Waals surface area contributed by atoms with E-state index in [-0.39, 0.29) is 12.1 Å². The predicted octanol–water partition coefficient (Wildman–Crippen LogP) is 4.02. The van der Waals surface area contributed by atoms with E-state index in [1.165, 1.54) is 0 Å². The molecular weight excluding hydrogens is 419 g/mol. The Kier molecular flexibility index (Phi) is 4.80. The van der Waals surface area contributed by atoms with Gasteiger partial charge in [-0.3, -0.25) is 0 Å². The zero-order valence-electron chi connectivity index (χ0n) is 14.0. The SMILES string of the molecule is CC(C)(C)OC(=O)NC1C=C(c2ncnc3[nH]cc(I)c23)CCC1. The summed E-state index contributed by atoms with van der Waals surface area (Å²) < 4.78 is 6.45. The Morgan fingerprint density at radius 1 is 1.42 bits per heavy atom. The molecule has 7 heteroatoms. The number of alkyl carbamates (subject to hydrolysis) is 1. The summed E-state index contributed by atoms with van der Waals surface area (Å²) in [7, 11) is 0. The molecule has 1 atom stereocenters. The quantitative estimate of drug-likeness (QED) is 0.692. The van der Waals surface area contributed by atoms with Gasteiger partial charge >= 0.3 is 6.09 Å². The molecule has 0 radical (unpaired) electrons. The largest absolute Gasteiger partial charge is 0.444 e. The lowest BCUT2D eigenvalue weighted by atomic mass is 9.92. The number of nitrogens with one attached hydrogen (secondary N) is 2. The minimum absolute atomic E-state index is 0.0368. The molecule has 2 aromatic heterocycles. The van der Waals surface area contributed by atoms with Crippen molar-refractivity contribution >= 4 is 45.3 Å². The number of rotatable bonds is 2. The summed E-state index contributed by atoms with van der Waals surface area (Å²) in [6.45, 7) is 5.58. The van der Waals surface area contributed by atoms with Crippen LogP contribution in [0.3, 0.4) is 0 Å². The second-order valence-electron chi connectivity index (χ2n) is 6.92. The summed E-state index contributed by atoms with van der Waals surface area (Å²) in [4.78, 5) is 23.9. The summed E-state index contributed by atoms with van der Waals surface area (Å²) in [5.74, 6) is 0. The number of carbonyl (C=O) groups excluding carboxylic acids is 1. The highest BCUT2D eigenvalue weighted by Gasteiger charge is 2.22. The lowest BCUT2D eigenvalue weighted by Crippen LogP contribution is -2.39. The zero-order chi connectivity index (χ0) is 17.3. The highest BCUT2D eigenvalue weighted by atomic mass is 127. The van der Waals surface area contributed by atoms with Crippen molar-refractivity contribution in [2.24, 2.45) is 0 Å². The smallest absolute Gasteiger partial charge is 0.408 e. The molecule has 0 aromatic carbocycles. The molecule has 0 bridgehead atoms. The van der Waals surface area contributed by atoms with E-state index in [1.807, 2.05) is 27.0 Å². The van der Waals surface area contributed by atoms with Crippen LogP contribution in [0.2, 0.25) is 0 Å². The summed E-state index contributed by atoms with van der Waals surface area (Å²) in [6, 6.07) is -0.0368. The molecule has 128 valence electrons. The van der Waals surface area contributed by atoms with Crippen LogP contribution in [0.1, 0.15) is 45.7 Å². The minimum Gasteiger partial charge on any atom is -0.444 e. The van der Waals surface area contributed by atoms with Gasteiger partial charge in [0.25, 0.3) is 0 Å². The Labute approximate surface area is 154 Å². The number of amides is 1. The van der Waals surface area contributed by atoms with Crippen molar-refractivity contribution in [1.29, 1.82) is 0 Å². The summed E-state index contributed by atoms with van der Waals surface area (Å²) in [5.41, 5.74) is 2.44. The first-order valence-electron chi connectivity index (χ1n) is 8.01. The van der Waals surface area contributed by atoms with Crippen molar-refractivity contribution < 1.29 is 9.53 Å². The van der Waals surface area contributed by atoms with Crippen molar-refractivity contribution in [2.45, 2.75) is 51.7 Å². The van der Waals surface area contributed by atoms with Crippen LogP contribution in [0.15, 0.2) is 18.6 Å². The Hall–Kier alpha value is -1.64. The van der Waals surface area contributed by atoms with E-state index in [1.54, 1.807) is 6.33 Å². The lowest BCUT2D eigenvalue weighted by molar-refractivity contribution is 0.0511. The summed E-state index contributed by atoms with van der Waals surface area (Å²) >= 11 is 2.29. The summed E-state index contributed by atoms with van der Waals surface area (Å²) in [5, 5.41) is 3.98. The second kappa shape index (κ2) is 6.70. The van der Waals surface area contributed by atoms with Crippen LogP contribution in [-0.4, -0.2) is 32.7 Å². The summed E-state index contributed by atoms with van der Waals surface area (Å²) in [6.07, 6.45) is 8.08. The van der Waals surface area contributed by atoms with Crippen LogP contribution >= 0.6 is 22.6 Å². The fourth-order valence-corrected chi connectivity index (χ4v) is 3.53. The van der Waals surface area contributed by atoms with Gasteiger partial charge < -0.3 is 15.0 Å². The second-order valence-corrected chi connectivity index (χ2v) is 8.08. The number of aromatic amines is 1. The molecular formula is C17H21IN4O2. The molecule has 1 unspecified atom stereocenters. The molecule has 1 amide bonds. The number of H-pyrrole nitrogens is 1. The first-order valence-corrected chi connectivity index (χ1v) is 9.09. The number of nitrogens with zero attached hydrogens (tertiary/aromatic N) is 2. The van der Waals surface area contributed by atoms with E-state index in [9.17, 15) is 4.79 Å². The molecule has 2 heterocycles. The van der Waals surface area contributed by atoms with Gasteiger partial charge in [-0.05, 0) is 68.2 Å². The first kappa shape index (κ1) is 17.2. The molecule has 1 aliphatic rings. The van der Waals surface area contributed by atoms with E-state index < -0.39 is 5.60 Å². The lowest BCUT2D eigenvalue weighted by Gasteiger charge is -2.25. The normalized spacial score (nSPS) is 18.3. The van der Waals surface area contributed by atoms with E-state index in [0.29, 0.717) is 0 Å². The maximum Gasteiger partial charge on any atom is 0.408 e. The van der Waals surface area contributed by atoms with Crippen LogP contribution in [0.4, 0.5) is 4.79 Å². The van der Waals surface area contributed by atoms with Gasteiger partial charge in [-0.25, -0.2) is 14.8 Å². The monoisotopic (exact) mass is 440 g/mol. The third kappa shape index (κ3) is 3.88. The maximum atomic E-state index is 12.0. The molecule has 0 spiro atoms. The van der Waals surface area contributed by atoms with Crippen LogP contribution in [-0.2, 0) is 4.74 Å². The standard InChI is InChI=1S/C17H21IN4O2/c1-17(2,3)24-16(23)22-11-6-4-5-10(7-11)14-13-12(18)8-19-15(13)21-9-20-14/h7-9,11H,4-6H2,1-3H3,(H,22,23)(H,19,20,21). The molecule has 1 aliphatic carbocycles. The van der Waals surface area contributed by atoms with Crippen LogP contribution in [0, 0.1) is 3.57 Å². The van der Waals surface area contributed by atoms with E-state index in [0.717, 1.165) is 45.1 Å². The number of hydrogen-bond acceptors (Lipinski definition) is 4. The Morgan fingerprint density at radius 3 is 2.96 bits per heavy atom. The van der Waals surface area contributed by atoms with E-state index in [2.05, 4.69) is 48.9 Å². The van der Waals surface area contributed by atoms with Gasteiger partial charge in [0.15, 0.2) is 0 Å². The van der Waals surface area contributed by atoms with Crippen LogP contribution in [0.25, 0.3) is 16.6 Å². The Bertz CT molecular complexity index is 791. The number of fused-ring (bicyclic) bond motifs is 1. The van der Waals surface area contributed by atoms with Crippen molar-refractivity contribution in [3.8, 4) is 0 Å². The Balaban J connectivity index is 1.84. The van der Waals surface area contributed by atoms with Crippen molar-refractivity contribution in [3.05, 3.63) is 27.9 Å². The van der Waals surface area contributed by atoms with Crippen molar-refractivity contribution in [3.63, 3.8) is 0 Å². The molecule has 0 saturated carbocycles. The third-order valence-corrected chi connectivity index (χ3v) is 4.64. The molecule has 0 fully saturated rings. The van der Waals surface area contributed by atoms with Gasteiger partial charge in [0.05, 0.1) is 17.1 Å². The number of halogens is 1. The number of ether oxygens (including phenoxy) is 1. The molecule has 24 heavy (non-hydrogen) atoms. The first-order chi connectivity index (χ1) is 11.3. The highest BCUT2D eigenvalue weighted by Crippen LogP contribution is 2.31. The molecule has 2 N–H and O–H groups in total. The maximum absolute atomic E-state index is 12.0. The average Bonchev–Trinajstić information content (AvgIpc) is 2.87. The van der Waals surface area contributed by atoms with Gasteiger partial charge in [0.1, 0.15) is 17.6 Å². The number of allylic oxidation sites excluding steroid dienone is 1. The number of carbonyl (C=O) groups is 1. The average molecular weight is 440 g/mol. The minimum atomic E-state index is -0.495. The predicted molar refractivity (Wildman–Crippen MR) is 102 cm³/mol. The van der Waals surface area contributed by atoms with Gasteiger partial charge in [-0.15, -0.1) is 0 Å². The van der Waals surface area contributed by atoms with E-state index >= 15 is 0 Å². The van der Waals surface area contributed by atoms with Crippen molar-refractivity contribution in [1.82, 2.24) is 20.3 Å². The van der Waals surface area contributed by atoms with Gasteiger partial charge in [0.2, 0.25) is 0 Å².